The van der Waals surface area contributed by atoms with Crippen molar-refractivity contribution in [3.63, 3.8) is 0 Å². The van der Waals surface area contributed by atoms with Crippen LogP contribution in [0.5, 0.6) is 0 Å². The van der Waals surface area contributed by atoms with Crippen LogP contribution in [0.4, 0.5) is 4.79 Å². The van der Waals surface area contributed by atoms with Gasteiger partial charge in [-0.2, -0.15) is 0 Å². The third-order valence-corrected chi connectivity index (χ3v) is 5.45. The predicted octanol–water partition coefficient (Wildman–Crippen LogP) is 5.18. The van der Waals surface area contributed by atoms with Gasteiger partial charge < -0.3 is 10.6 Å². The number of hydrogen-bond donors (Lipinski definition) is 2. The Labute approximate surface area is 156 Å². The molecular formula is C17H21Cl2N3OS. The zero-order valence-corrected chi connectivity index (χ0v) is 16.2. The number of aromatic nitrogens is 1. The van der Waals surface area contributed by atoms with Gasteiger partial charge in [0.2, 0.25) is 0 Å². The van der Waals surface area contributed by atoms with Crippen molar-refractivity contribution in [3.05, 3.63) is 49.9 Å². The molecule has 1 atom stereocenters. The summed E-state index contributed by atoms with van der Waals surface area (Å²) >= 11 is 13.6. The van der Waals surface area contributed by atoms with E-state index in [1.807, 2.05) is 18.4 Å². The summed E-state index contributed by atoms with van der Waals surface area (Å²) in [5.41, 5.74) is 1.92. The summed E-state index contributed by atoms with van der Waals surface area (Å²) < 4.78 is 0. The summed E-state index contributed by atoms with van der Waals surface area (Å²) in [5, 5.41) is 9.89. The Morgan fingerprint density at radius 3 is 2.62 bits per heavy atom. The maximum atomic E-state index is 12.0. The molecule has 0 spiro atoms. The van der Waals surface area contributed by atoms with E-state index in [1.165, 1.54) is 0 Å². The molecule has 0 aliphatic rings. The van der Waals surface area contributed by atoms with E-state index in [1.54, 1.807) is 23.5 Å². The van der Waals surface area contributed by atoms with Gasteiger partial charge in [-0.25, -0.2) is 9.78 Å². The highest BCUT2D eigenvalue weighted by atomic mass is 35.5. The lowest BCUT2D eigenvalue weighted by molar-refractivity contribution is 0.238. The lowest BCUT2D eigenvalue weighted by Gasteiger charge is -2.15. The van der Waals surface area contributed by atoms with E-state index in [0.29, 0.717) is 22.5 Å². The van der Waals surface area contributed by atoms with Crippen molar-refractivity contribution in [2.24, 2.45) is 0 Å². The number of nitrogens with one attached hydrogen (secondary N) is 2. The first-order valence-corrected chi connectivity index (χ1v) is 9.44. The molecule has 0 aliphatic carbocycles. The van der Waals surface area contributed by atoms with E-state index in [0.717, 1.165) is 22.7 Å². The molecule has 4 nitrogen and oxygen atoms in total. The molecule has 0 fully saturated rings. The largest absolute Gasteiger partial charge is 0.338 e. The Balaban J connectivity index is 1.78. The van der Waals surface area contributed by atoms with Gasteiger partial charge in [0.05, 0.1) is 26.8 Å². The third-order valence-electron chi connectivity index (χ3n) is 3.52. The predicted molar refractivity (Wildman–Crippen MR) is 101 cm³/mol. The number of carbonyl (C=O) groups is 1. The molecule has 1 heterocycles. The Morgan fingerprint density at radius 1 is 1.25 bits per heavy atom. The van der Waals surface area contributed by atoms with Crippen molar-refractivity contribution in [3.8, 4) is 0 Å². The second-order valence-corrected chi connectivity index (χ2v) is 7.58. The number of benzene rings is 1. The first kappa shape index (κ1) is 19.0. The van der Waals surface area contributed by atoms with Gasteiger partial charge in [0, 0.05) is 24.3 Å². The maximum absolute atomic E-state index is 12.0. The van der Waals surface area contributed by atoms with Crippen molar-refractivity contribution in [1.29, 1.82) is 0 Å². The van der Waals surface area contributed by atoms with Crippen LogP contribution in [0.15, 0.2) is 23.6 Å². The van der Waals surface area contributed by atoms with E-state index in [-0.39, 0.29) is 12.1 Å². The van der Waals surface area contributed by atoms with E-state index < -0.39 is 0 Å². The summed E-state index contributed by atoms with van der Waals surface area (Å²) in [6.07, 6.45) is 0.720. The first-order valence-electron chi connectivity index (χ1n) is 7.80. The van der Waals surface area contributed by atoms with Crippen LogP contribution in [-0.2, 0) is 6.42 Å². The van der Waals surface area contributed by atoms with Gasteiger partial charge in [-0.05, 0) is 24.6 Å². The molecule has 1 aromatic heterocycles. The van der Waals surface area contributed by atoms with Crippen LogP contribution < -0.4 is 10.6 Å². The number of carbonyl (C=O) groups excluding carboxylic acids is 1. The highest BCUT2D eigenvalue weighted by Crippen LogP contribution is 2.25. The molecule has 7 heteroatoms. The number of hydrogen-bond acceptors (Lipinski definition) is 3. The molecule has 2 amide bonds. The third kappa shape index (κ3) is 5.36. The average Bonchev–Trinajstić information content (AvgIpc) is 2.99. The molecule has 2 rings (SSSR count). The molecule has 0 saturated heterocycles. The van der Waals surface area contributed by atoms with Gasteiger partial charge in [-0.15, -0.1) is 11.3 Å². The molecule has 1 unspecified atom stereocenters. The van der Waals surface area contributed by atoms with Crippen LogP contribution >= 0.6 is 34.5 Å². The Morgan fingerprint density at radius 2 is 2.00 bits per heavy atom. The monoisotopic (exact) mass is 385 g/mol. The average molecular weight is 386 g/mol. The minimum atomic E-state index is -0.215. The van der Waals surface area contributed by atoms with Crippen LogP contribution in [0.1, 0.15) is 49.0 Å². The Hall–Kier alpha value is -1.30. The lowest BCUT2D eigenvalue weighted by atomic mass is 10.1. The molecule has 1 aromatic carbocycles. The summed E-state index contributed by atoms with van der Waals surface area (Å²) in [6, 6.07) is 4.96. The molecule has 2 aromatic rings. The zero-order valence-electron chi connectivity index (χ0n) is 13.9. The summed E-state index contributed by atoms with van der Waals surface area (Å²) in [6.45, 7) is 6.69. The molecule has 0 bridgehead atoms. The van der Waals surface area contributed by atoms with Crippen molar-refractivity contribution in [2.75, 3.05) is 6.54 Å². The van der Waals surface area contributed by atoms with Crippen LogP contribution in [0.3, 0.4) is 0 Å². The summed E-state index contributed by atoms with van der Waals surface area (Å²) in [4.78, 5) is 16.5. The van der Waals surface area contributed by atoms with Gasteiger partial charge in [-0.3, -0.25) is 0 Å². The highest BCUT2D eigenvalue weighted by molar-refractivity contribution is 7.09. The van der Waals surface area contributed by atoms with E-state index in [2.05, 4.69) is 29.5 Å². The van der Waals surface area contributed by atoms with E-state index >= 15 is 0 Å². The Kier molecular flexibility index (Phi) is 6.90. The number of urea groups is 1. The molecule has 2 N–H and O–H groups in total. The van der Waals surface area contributed by atoms with Crippen LogP contribution in [0.2, 0.25) is 10.0 Å². The molecule has 0 saturated carbocycles. The fraction of sp³-hybridized carbons (Fsp3) is 0.412. The number of amides is 2. The fourth-order valence-electron chi connectivity index (χ4n) is 2.12. The minimum Gasteiger partial charge on any atom is -0.338 e. The molecule has 130 valence electrons. The summed E-state index contributed by atoms with van der Waals surface area (Å²) in [5.74, 6) is 0.437. The van der Waals surface area contributed by atoms with Crippen molar-refractivity contribution >= 4 is 40.6 Å². The standard InChI is InChI=1S/C17H21Cl2N3OS/c1-10(2)16-22-13(9-24-16)6-7-20-17(23)21-11(3)12-4-5-14(18)15(19)8-12/h4-5,8-11H,6-7H2,1-3H3,(H2,20,21,23). The number of nitrogens with zero attached hydrogens (tertiary/aromatic N) is 1. The van der Waals surface area contributed by atoms with Crippen molar-refractivity contribution in [1.82, 2.24) is 15.6 Å². The molecule has 24 heavy (non-hydrogen) atoms. The lowest BCUT2D eigenvalue weighted by Crippen LogP contribution is -2.38. The van der Waals surface area contributed by atoms with Gasteiger partial charge >= 0.3 is 6.03 Å². The summed E-state index contributed by atoms with van der Waals surface area (Å²) in [7, 11) is 0. The molecule has 0 radical (unpaired) electrons. The number of rotatable bonds is 6. The smallest absolute Gasteiger partial charge is 0.315 e. The number of thiazole rings is 1. The minimum absolute atomic E-state index is 0.161. The van der Waals surface area contributed by atoms with Gasteiger partial charge in [-0.1, -0.05) is 43.1 Å². The Bertz CT molecular complexity index is 703. The maximum Gasteiger partial charge on any atom is 0.315 e. The normalized spacial score (nSPS) is 12.2. The topological polar surface area (TPSA) is 54.0 Å². The highest BCUT2D eigenvalue weighted by Gasteiger charge is 2.11. The van der Waals surface area contributed by atoms with Crippen molar-refractivity contribution in [2.45, 2.75) is 39.2 Å². The fourth-order valence-corrected chi connectivity index (χ4v) is 3.30. The van der Waals surface area contributed by atoms with E-state index in [9.17, 15) is 4.79 Å². The van der Waals surface area contributed by atoms with Crippen LogP contribution in [0.25, 0.3) is 0 Å². The number of halogens is 2. The quantitative estimate of drug-likeness (QED) is 0.719. The second-order valence-electron chi connectivity index (χ2n) is 5.88. The van der Waals surface area contributed by atoms with Gasteiger partial charge in [0.1, 0.15) is 0 Å². The SMILES string of the molecule is CC(C)c1nc(CCNC(=O)NC(C)c2ccc(Cl)c(Cl)c2)cs1. The first-order chi connectivity index (χ1) is 11.4. The second kappa shape index (κ2) is 8.70. The van der Waals surface area contributed by atoms with Crippen molar-refractivity contribution < 1.29 is 4.79 Å². The van der Waals surface area contributed by atoms with Gasteiger partial charge in [0.25, 0.3) is 0 Å². The molecule has 0 aliphatic heterocycles. The molecular weight excluding hydrogens is 365 g/mol. The zero-order chi connectivity index (χ0) is 17.7. The van der Waals surface area contributed by atoms with Gasteiger partial charge in [0.15, 0.2) is 0 Å². The van der Waals surface area contributed by atoms with Crippen LogP contribution in [0, 0.1) is 0 Å². The van der Waals surface area contributed by atoms with Crippen LogP contribution in [-0.4, -0.2) is 17.6 Å². The van der Waals surface area contributed by atoms with E-state index in [4.69, 9.17) is 23.2 Å².